The third-order valence-corrected chi connectivity index (χ3v) is 4.60. The van der Waals surface area contributed by atoms with Crippen LogP contribution >= 0.6 is 0 Å². The molecule has 22 heavy (non-hydrogen) atoms. The molecular weight excluding hydrogens is 276 g/mol. The number of nitrogens with two attached hydrogens (primary N) is 1. The van der Waals surface area contributed by atoms with Gasteiger partial charge in [0.2, 0.25) is 11.6 Å². The van der Waals surface area contributed by atoms with Gasteiger partial charge < -0.3 is 5.73 Å². The standard InChI is InChI=1S/C16H16N6/c17-8-11-13(16(10-19)4-5-16)12(9-18)15(21-14(11)20)22-6-2-1-3-7-22/h1-7H2,(H2,20,21)/p+1. The summed E-state index contributed by atoms with van der Waals surface area (Å²) in [6, 6.07) is 6.57. The lowest BCUT2D eigenvalue weighted by Crippen LogP contribution is -2.37. The molecule has 2 heterocycles. The van der Waals surface area contributed by atoms with Crippen molar-refractivity contribution in [2.45, 2.75) is 37.5 Å². The number of hydrogen-bond donors (Lipinski definition) is 1. The maximum atomic E-state index is 9.67. The average molecular weight is 293 g/mol. The fraction of sp³-hybridized carbons (Fsp3) is 0.500. The number of nitriles is 3. The topological polar surface area (TPSA) is 115 Å². The second kappa shape index (κ2) is 5.20. The van der Waals surface area contributed by atoms with Crippen molar-refractivity contribution in [3.8, 4) is 18.2 Å². The number of rotatable bonds is 2. The number of nitrogens with zero attached hydrogens (tertiary/aromatic N) is 4. The van der Waals surface area contributed by atoms with Gasteiger partial charge in [-0.25, -0.2) is 4.98 Å². The van der Waals surface area contributed by atoms with E-state index in [0.29, 0.717) is 29.8 Å². The lowest BCUT2D eigenvalue weighted by atomic mass is 9.89. The van der Waals surface area contributed by atoms with Crippen LogP contribution in [0.2, 0.25) is 0 Å². The van der Waals surface area contributed by atoms with E-state index in [1.165, 1.54) is 6.42 Å². The molecule has 6 nitrogen and oxygen atoms in total. The van der Waals surface area contributed by atoms with E-state index in [-0.39, 0.29) is 11.4 Å². The maximum absolute atomic E-state index is 9.67. The van der Waals surface area contributed by atoms with E-state index in [0.717, 1.165) is 25.9 Å². The van der Waals surface area contributed by atoms with E-state index in [1.807, 2.05) is 0 Å². The van der Waals surface area contributed by atoms with Crippen LogP contribution in [0.15, 0.2) is 0 Å². The highest BCUT2D eigenvalue weighted by atomic mass is 15.2. The van der Waals surface area contributed by atoms with Crippen LogP contribution in [0, 0.1) is 34.0 Å². The van der Waals surface area contributed by atoms with Crippen molar-refractivity contribution in [2.75, 3.05) is 23.7 Å². The molecule has 1 aliphatic carbocycles. The molecule has 0 aromatic carbocycles. The van der Waals surface area contributed by atoms with Crippen LogP contribution in [0.4, 0.5) is 11.6 Å². The summed E-state index contributed by atoms with van der Waals surface area (Å²) in [6.07, 6.45) is 4.67. The Kier molecular flexibility index (Phi) is 3.35. The summed E-state index contributed by atoms with van der Waals surface area (Å²) in [5, 5.41) is 28.6. The van der Waals surface area contributed by atoms with Crippen LogP contribution in [-0.2, 0) is 5.41 Å². The lowest BCUT2D eigenvalue weighted by Gasteiger charge is -2.25. The molecule has 3 rings (SSSR count). The van der Waals surface area contributed by atoms with Crippen LogP contribution < -0.4 is 15.6 Å². The summed E-state index contributed by atoms with van der Waals surface area (Å²) < 4.78 is 0. The van der Waals surface area contributed by atoms with Gasteiger partial charge in [0.15, 0.2) is 0 Å². The Hall–Kier alpha value is -2.78. The maximum Gasteiger partial charge on any atom is 0.240 e. The number of anilines is 2. The zero-order chi connectivity index (χ0) is 15.7. The largest absolute Gasteiger partial charge is 0.318 e. The van der Waals surface area contributed by atoms with Crippen LogP contribution in [0.5, 0.6) is 0 Å². The Balaban J connectivity index is 2.23. The van der Waals surface area contributed by atoms with E-state index in [9.17, 15) is 15.8 Å². The molecule has 0 unspecified atom stereocenters. The summed E-state index contributed by atoms with van der Waals surface area (Å²) in [5.74, 6) is 0.911. The normalized spacial score (nSPS) is 18.9. The van der Waals surface area contributed by atoms with Gasteiger partial charge in [-0.3, -0.25) is 4.90 Å². The zero-order valence-electron chi connectivity index (χ0n) is 12.3. The minimum atomic E-state index is -0.718. The Morgan fingerprint density at radius 3 is 2.14 bits per heavy atom. The Labute approximate surface area is 129 Å². The Morgan fingerprint density at radius 1 is 1.00 bits per heavy atom. The number of H-pyrrole nitrogens is 1. The molecule has 1 aliphatic heterocycles. The van der Waals surface area contributed by atoms with Crippen molar-refractivity contribution >= 4 is 11.6 Å². The number of nitrogen functional groups attached to an aromatic ring is 1. The first-order chi connectivity index (χ1) is 10.7. The zero-order valence-corrected chi connectivity index (χ0v) is 12.3. The van der Waals surface area contributed by atoms with E-state index in [2.05, 4.69) is 28.1 Å². The molecule has 1 saturated carbocycles. The smallest absolute Gasteiger partial charge is 0.240 e. The first-order valence-electron chi connectivity index (χ1n) is 7.52. The highest BCUT2D eigenvalue weighted by Crippen LogP contribution is 2.51. The molecule has 2 fully saturated rings. The molecule has 1 saturated heterocycles. The van der Waals surface area contributed by atoms with Gasteiger partial charge in [0.05, 0.1) is 24.6 Å². The van der Waals surface area contributed by atoms with Crippen molar-refractivity contribution in [1.82, 2.24) is 0 Å². The summed E-state index contributed by atoms with van der Waals surface area (Å²) in [7, 11) is 0. The number of aromatic nitrogens is 1. The van der Waals surface area contributed by atoms with Gasteiger partial charge in [0.25, 0.3) is 0 Å². The Morgan fingerprint density at radius 2 is 1.64 bits per heavy atom. The fourth-order valence-corrected chi connectivity index (χ4v) is 3.23. The van der Waals surface area contributed by atoms with Crippen molar-refractivity contribution in [3.63, 3.8) is 0 Å². The second-order valence-electron chi connectivity index (χ2n) is 5.98. The predicted octanol–water partition coefficient (Wildman–Crippen LogP) is 1.37. The predicted molar refractivity (Wildman–Crippen MR) is 79.4 cm³/mol. The highest BCUT2D eigenvalue weighted by molar-refractivity contribution is 5.68. The number of nitrogens with one attached hydrogen (secondary N) is 1. The molecule has 2 aliphatic rings. The number of aromatic amines is 1. The first kappa shape index (κ1) is 14.2. The molecule has 0 bridgehead atoms. The Bertz CT molecular complexity index is 736. The quantitative estimate of drug-likeness (QED) is 0.884. The number of piperidine rings is 1. The summed E-state index contributed by atoms with van der Waals surface area (Å²) in [5.41, 5.74) is 6.48. The van der Waals surface area contributed by atoms with E-state index < -0.39 is 5.41 Å². The van der Waals surface area contributed by atoms with E-state index in [4.69, 9.17) is 5.73 Å². The molecular formula is C16H17N6+. The second-order valence-corrected chi connectivity index (χ2v) is 5.98. The molecule has 0 radical (unpaired) electrons. The van der Waals surface area contributed by atoms with Gasteiger partial charge in [-0.15, -0.1) is 0 Å². The molecule has 1 aromatic heterocycles. The average Bonchev–Trinajstić information content (AvgIpc) is 3.35. The monoisotopic (exact) mass is 293 g/mol. The van der Waals surface area contributed by atoms with Crippen molar-refractivity contribution in [2.24, 2.45) is 0 Å². The molecule has 110 valence electrons. The molecule has 3 N–H and O–H groups in total. The van der Waals surface area contributed by atoms with Gasteiger partial charge in [-0.1, -0.05) is 0 Å². The van der Waals surface area contributed by atoms with E-state index >= 15 is 0 Å². The van der Waals surface area contributed by atoms with Crippen molar-refractivity contribution < 1.29 is 4.98 Å². The SMILES string of the molecule is N#Cc1c(N)[nH+]c(N2CCCCC2)c(C#N)c1C1(C#N)CC1. The van der Waals surface area contributed by atoms with E-state index in [1.54, 1.807) is 0 Å². The van der Waals surface area contributed by atoms with Crippen molar-refractivity contribution in [3.05, 3.63) is 16.7 Å². The lowest BCUT2D eigenvalue weighted by molar-refractivity contribution is -0.347. The van der Waals surface area contributed by atoms with Gasteiger partial charge in [0.1, 0.15) is 23.3 Å². The number of pyridine rings is 1. The third-order valence-electron chi connectivity index (χ3n) is 4.60. The highest BCUT2D eigenvalue weighted by Gasteiger charge is 2.50. The van der Waals surface area contributed by atoms with Gasteiger partial charge >= 0.3 is 0 Å². The molecule has 1 aromatic rings. The molecule has 6 heteroatoms. The van der Waals surface area contributed by atoms with Gasteiger partial charge in [-0.05, 0) is 32.1 Å². The van der Waals surface area contributed by atoms with Crippen molar-refractivity contribution in [1.29, 1.82) is 15.8 Å². The van der Waals surface area contributed by atoms with Gasteiger partial charge in [0, 0.05) is 5.56 Å². The van der Waals surface area contributed by atoms with Gasteiger partial charge in [-0.2, -0.15) is 15.8 Å². The molecule has 0 amide bonds. The minimum absolute atomic E-state index is 0.247. The summed E-state index contributed by atoms with van der Waals surface area (Å²) >= 11 is 0. The summed E-state index contributed by atoms with van der Waals surface area (Å²) in [4.78, 5) is 5.14. The third kappa shape index (κ3) is 2.03. The summed E-state index contributed by atoms with van der Waals surface area (Å²) in [6.45, 7) is 1.71. The number of hydrogen-bond acceptors (Lipinski definition) is 5. The molecule has 0 atom stereocenters. The molecule has 0 spiro atoms. The van der Waals surface area contributed by atoms with Crippen LogP contribution in [-0.4, -0.2) is 13.1 Å². The minimum Gasteiger partial charge on any atom is -0.318 e. The first-order valence-corrected chi connectivity index (χ1v) is 7.52. The van der Waals surface area contributed by atoms with Crippen LogP contribution in [0.3, 0.4) is 0 Å². The van der Waals surface area contributed by atoms with Crippen LogP contribution in [0.25, 0.3) is 0 Å². The van der Waals surface area contributed by atoms with Crippen LogP contribution in [0.1, 0.15) is 48.8 Å². The fourth-order valence-electron chi connectivity index (χ4n) is 3.23.